The number of H-pyrrole nitrogens is 1. The van der Waals surface area contributed by atoms with E-state index in [1.54, 1.807) is 20.8 Å². The van der Waals surface area contributed by atoms with Crippen molar-refractivity contribution in [2.75, 3.05) is 25.0 Å². The van der Waals surface area contributed by atoms with Crippen molar-refractivity contribution in [3.8, 4) is 0 Å². The number of benzene rings is 1. The topological polar surface area (TPSA) is 121 Å². The lowest BCUT2D eigenvalue weighted by molar-refractivity contribution is -0.120. The Kier molecular flexibility index (Phi) is 6.79. The van der Waals surface area contributed by atoms with E-state index >= 15 is 0 Å². The van der Waals surface area contributed by atoms with E-state index < -0.39 is 21.9 Å². The van der Waals surface area contributed by atoms with Crippen molar-refractivity contribution in [3.05, 3.63) is 40.7 Å². The maximum absolute atomic E-state index is 13.6. The number of aryl methyl sites for hydroxylation is 3. The highest BCUT2D eigenvalue weighted by atomic mass is 32.2. The molecule has 2 aromatic heterocycles. The number of ether oxygens (including phenoxy) is 1. The second-order valence-electron chi connectivity index (χ2n) is 8.48. The number of carbonyl (C=O) groups excluding carboxylic acids is 2. The molecule has 0 bridgehead atoms. The smallest absolute Gasteiger partial charge is 0.341 e. The first-order valence-electron chi connectivity index (χ1n) is 11.2. The Labute approximate surface area is 202 Å². The van der Waals surface area contributed by atoms with Gasteiger partial charge in [-0.3, -0.25) is 4.79 Å². The van der Waals surface area contributed by atoms with Crippen molar-refractivity contribution in [2.24, 2.45) is 5.92 Å². The summed E-state index contributed by atoms with van der Waals surface area (Å²) in [5.41, 5.74) is 2.75. The number of rotatable bonds is 6. The number of esters is 1. The van der Waals surface area contributed by atoms with Crippen molar-refractivity contribution in [3.63, 3.8) is 0 Å². The molecule has 11 heteroatoms. The molecular formula is C23H28N4O5S2. The molecule has 182 valence electrons. The van der Waals surface area contributed by atoms with Crippen LogP contribution in [0.3, 0.4) is 0 Å². The van der Waals surface area contributed by atoms with Crippen molar-refractivity contribution in [2.45, 2.75) is 45.4 Å². The molecule has 0 saturated carbocycles. The van der Waals surface area contributed by atoms with E-state index in [1.165, 1.54) is 15.6 Å². The molecule has 0 unspecified atom stereocenters. The van der Waals surface area contributed by atoms with Crippen LogP contribution >= 0.6 is 11.3 Å². The molecule has 1 amide bonds. The Morgan fingerprint density at radius 1 is 1.26 bits per heavy atom. The number of nitrogens with zero attached hydrogens (tertiary/aromatic N) is 2. The molecular weight excluding hydrogens is 476 g/mol. The number of sulfonamides is 1. The first kappa shape index (κ1) is 24.4. The summed E-state index contributed by atoms with van der Waals surface area (Å²) in [6.07, 6.45) is 1.10. The van der Waals surface area contributed by atoms with Gasteiger partial charge < -0.3 is 15.0 Å². The standard InChI is InChI=1S/C23H28N4O5S2/c1-5-32-22(29)19-14(3)24-15(4)20(19)34(30,31)27-10-6-7-16(12-27)21(28)26-23-25-17-9-8-13(2)11-18(17)33-23/h8-9,11,16,24H,5-7,10,12H2,1-4H3,(H,25,26,28)/t16-/m0/s1. The van der Waals surface area contributed by atoms with E-state index in [-0.39, 0.29) is 36.1 Å². The number of amides is 1. The number of fused-ring (bicyclic) bond motifs is 1. The number of aromatic nitrogens is 2. The maximum atomic E-state index is 13.6. The van der Waals surface area contributed by atoms with Gasteiger partial charge >= 0.3 is 5.97 Å². The van der Waals surface area contributed by atoms with Gasteiger partial charge in [-0.15, -0.1) is 0 Å². The Bertz CT molecular complexity index is 1360. The second-order valence-corrected chi connectivity index (χ2v) is 11.4. The van der Waals surface area contributed by atoms with E-state index in [9.17, 15) is 18.0 Å². The third-order valence-corrected chi connectivity index (χ3v) is 8.90. The van der Waals surface area contributed by atoms with Crippen molar-refractivity contribution >= 4 is 48.6 Å². The number of thiazole rings is 1. The Morgan fingerprint density at radius 3 is 2.76 bits per heavy atom. The van der Waals surface area contributed by atoms with Gasteiger partial charge in [-0.25, -0.2) is 18.2 Å². The van der Waals surface area contributed by atoms with Gasteiger partial charge in [0.1, 0.15) is 10.5 Å². The zero-order chi connectivity index (χ0) is 24.6. The molecule has 34 heavy (non-hydrogen) atoms. The quantitative estimate of drug-likeness (QED) is 0.493. The molecule has 3 heterocycles. The lowest BCUT2D eigenvalue weighted by Crippen LogP contribution is -2.44. The SMILES string of the molecule is CCOC(=O)c1c(C)[nH]c(C)c1S(=O)(=O)N1CCC[C@H](C(=O)Nc2nc3ccc(C)cc3s2)C1. The maximum Gasteiger partial charge on any atom is 0.341 e. The summed E-state index contributed by atoms with van der Waals surface area (Å²) in [6.45, 7) is 7.37. The minimum absolute atomic E-state index is 0.0238. The molecule has 1 saturated heterocycles. The summed E-state index contributed by atoms with van der Waals surface area (Å²) in [4.78, 5) is 32.8. The molecule has 0 aliphatic carbocycles. The number of carbonyl (C=O) groups is 2. The average molecular weight is 505 g/mol. The van der Waals surface area contributed by atoms with Crippen LogP contribution in [-0.4, -0.2) is 54.3 Å². The first-order chi connectivity index (χ1) is 16.1. The van der Waals surface area contributed by atoms with Gasteiger partial charge in [-0.1, -0.05) is 17.4 Å². The Morgan fingerprint density at radius 2 is 2.03 bits per heavy atom. The number of anilines is 1. The van der Waals surface area contributed by atoms with Crippen LogP contribution in [0.4, 0.5) is 5.13 Å². The molecule has 1 atom stereocenters. The molecule has 1 aromatic carbocycles. The number of hydrogen-bond acceptors (Lipinski definition) is 7. The minimum atomic E-state index is -4.02. The van der Waals surface area contributed by atoms with E-state index in [4.69, 9.17) is 4.74 Å². The van der Waals surface area contributed by atoms with E-state index in [1.807, 2.05) is 25.1 Å². The monoisotopic (exact) mass is 504 g/mol. The number of nitrogens with one attached hydrogen (secondary N) is 2. The highest BCUT2D eigenvalue weighted by molar-refractivity contribution is 7.89. The molecule has 2 N–H and O–H groups in total. The molecule has 3 aromatic rings. The number of aromatic amines is 1. The fourth-order valence-electron chi connectivity index (χ4n) is 4.33. The van der Waals surface area contributed by atoms with Crippen LogP contribution in [0.2, 0.25) is 0 Å². The summed E-state index contributed by atoms with van der Waals surface area (Å²) < 4.78 is 34.5. The molecule has 1 aliphatic heterocycles. The van der Waals surface area contributed by atoms with Crippen molar-refractivity contribution < 1.29 is 22.7 Å². The predicted molar refractivity (Wildman–Crippen MR) is 131 cm³/mol. The Hall–Kier alpha value is -2.76. The second kappa shape index (κ2) is 9.47. The summed E-state index contributed by atoms with van der Waals surface area (Å²) >= 11 is 1.39. The van der Waals surface area contributed by atoms with Crippen LogP contribution in [0.1, 0.15) is 47.1 Å². The first-order valence-corrected chi connectivity index (χ1v) is 13.4. The zero-order valence-corrected chi connectivity index (χ0v) is 21.2. The summed E-state index contributed by atoms with van der Waals surface area (Å²) in [5.74, 6) is -1.47. The number of piperidine rings is 1. The van der Waals surface area contributed by atoms with Gasteiger partial charge in [0.25, 0.3) is 0 Å². The zero-order valence-electron chi connectivity index (χ0n) is 19.6. The van der Waals surface area contributed by atoms with Gasteiger partial charge in [0, 0.05) is 24.5 Å². The van der Waals surface area contributed by atoms with Gasteiger partial charge in [0.15, 0.2) is 5.13 Å². The highest BCUT2D eigenvalue weighted by Gasteiger charge is 2.38. The average Bonchev–Trinajstić information content (AvgIpc) is 3.32. The van der Waals surface area contributed by atoms with Crippen LogP contribution in [0.5, 0.6) is 0 Å². The third kappa shape index (κ3) is 4.59. The third-order valence-electron chi connectivity index (χ3n) is 5.92. The van der Waals surface area contributed by atoms with Crippen LogP contribution in [-0.2, 0) is 19.6 Å². The Balaban J connectivity index is 1.55. The van der Waals surface area contributed by atoms with Crippen LogP contribution in [0.15, 0.2) is 23.1 Å². The van der Waals surface area contributed by atoms with Gasteiger partial charge in [0.2, 0.25) is 15.9 Å². The largest absolute Gasteiger partial charge is 0.462 e. The molecule has 0 radical (unpaired) electrons. The number of hydrogen-bond donors (Lipinski definition) is 2. The van der Waals surface area contributed by atoms with Crippen LogP contribution in [0.25, 0.3) is 10.2 Å². The van der Waals surface area contributed by atoms with E-state index in [2.05, 4.69) is 15.3 Å². The highest BCUT2D eigenvalue weighted by Crippen LogP contribution is 2.32. The summed E-state index contributed by atoms with van der Waals surface area (Å²) in [5, 5.41) is 3.35. The fraction of sp³-hybridized carbons (Fsp3) is 0.435. The molecule has 4 rings (SSSR count). The van der Waals surface area contributed by atoms with E-state index in [0.717, 1.165) is 15.8 Å². The molecule has 0 spiro atoms. The normalized spacial score (nSPS) is 17.1. The lowest BCUT2D eigenvalue weighted by Gasteiger charge is -2.31. The molecule has 1 aliphatic rings. The van der Waals surface area contributed by atoms with Gasteiger partial charge in [-0.05, 0) is 58.2 Å². The van der Waals surface area contributed by atoms with Crippen molar-refractivity contribution in [1.29, 1.82) is 0 Å². The molecule has 1 fully saturated rings. The van der Waals surface area contributed by atoms with Crippen molar-refractivity contribution in [1.82, 2.24) is 14.3 Å². The fourth-order valence-corrected chi connectivity index (χ4v) is 7.23. The molecule has 9 nitrogen and oxygen atoms in total. The lowest BCUT2D eigenvalue weighted by atomic mass is 9.99. The summed E-state index contributed by atoms with van der Waals surface area (Å²) in [7, 11) is -4.02. The summed E-state index contributed by atoms with van der Waals surface area (Å²) in [6, 6.07) is 5.89. The van der Waals surface area contributed by atoms with Gasteiger partial charge in [0.05, 0.1) is 22.7 Å². The van der Waals surface area contributed by atoms with Crippen LogP contribution in [0, 0.1) is 26.7 Å². The predicted octanol–water partition coefficient (Wildman–Crippen LogP) is 3.77. The van der Waals surface area contributed by atoms with Crippen LogP contribution < -0.4 is 5.32 Å². The van der Waals surface area contributed by atoms with E-state index in [0.29, 0.717) is 29.4 Å². The van der Waals surface area contributed by atoms with Gasteiger partial charge in [-0.2, -0.15) is 4.31 Å². The minimum Gasteiger partial charge on any atom is -0.462 e.